The van der Waals surface area contributed by atoms with Crippen LogP contribution in [0, 0.1) is 0 Å². The molecule has 0 radical (unpaired) electrons. The molecule has 2 rings (SSSR count). The number of carbonyl (C=O) groups excluding carboxylic acids is 1. The standard InChI is InChI=1S/C5H4N6O/c12-5(10-6-1-2-7-10)11-8-3-4-9-11/h1-4H. The third-order valence-corrected chi connectivity index (χ3v) is 1.18. The fourth-order valence-electron chi connectivity index (χ4n) is 0.709. The summed E-state index contributed by atoms with van der Waals surface area (Å²) in [4.78, 5) is 13.0. The molecule has 2 aromatic rings. The van der Waals surface area contributed by atoms with E-state index in [0.29, 0.717) is 0 Å². The molecule has 0 aromatic carbocycles. The fraction of sp³-hybridized carbons (Fsp3) is 0. The molecule has 7 heteroatoms. The Morgan fingerprint density at radius 2 is 1.17 bits per heavy atom. The van der Waals surface area contributed by atoms with Gasteiger partial charge in [0.2, 0.25) is 0 Å². The maximum Gasteiger partial charge on any atom is 0.403 e. The zero-order chi connectivity index (χ0) is 8.39. The lowest BCUT2D eigenvalue weighted by atomic mass is 11.0. The van der Waals surface area contributed by atoms with Gasteiger partial charge in [0, 0.05) is 0 Å². The van der Waals surface area contributed by atoms with Crippen molar-refractivity contribution in [3.05, 3.63) is 24.8 Å². The lowest BCUT2D eigenvalue weighted by Crippen LogP contribution is -2.23. The third kappa shape index (κ3) is 0.965. The first-order valence-electron chi connectivity index (χ1n) is 3.15. The van der Waals surface area contributed by atoms with Crippen molar-refractivity contribution in [1.82, 2.24) is 30.0 Å². The van der Waals surface area contributed by atoms with E-state index in [-0.39, 0.29) is 0 Å². The van der Waals surface area contributed by atoms with Gasteiger partial charge in [-0.05, 0) is 0 Å². The molecule has 0 aliphatic rings. The molecule has 0 bridgehead atoms. The Labute approximate surface area is 66.6 Å². The van der Waals surface area contributed by atoms with Crippen molar-refractivity contribution >= 4 is 6.03 Å². The van der Waals surface area contributed by atoms with Crippen molar-refractivity contribution in [3.63, 3.8) is 0 Å². The Morgan fingerprint density at radius 3 is 1.50 bits per heavy atom. The molecule has 0 amide bonds. The van der Waals surface area contributed by atoms with Crippen LogP contribution in [0.1, 0.15) is 0 Å². The predicted molar refractivity (Wildman–Crippen MR) is 36.2 cm³/mol. The minimum absolute atomic E-state index is 0.509. The van der Waals surface area contributed by atoms with Gasteiger partial charge in [0.25, 0.3) is 0 Å². The van der Waals surface area contributed by atoms with E-state index in [1.54, 1.807) is 0 Å². The van der Waals surface area contributed by atoms with Gasteiger partial charge >= 0.3 is 6.03 Å². The molecule has 0 N–H and O–H groups in total. The fourth-order valence-corrected chi connectivity index (χ4v) is 0.709. The van der Waals surface area contributed by atoms with Crippen LogP contribution in [-0.4, -0.2) is 36.0 Å². The van der Waals surface area contributed by atoms with E-state index >= 15 is 0 Å². The average molecular weight is 164 g/mol. The first kappa shape index (κ1) is 6.65. The highest BCUT2D eigenvalue weighted by Gasteiger charge is 2.08. The van der Waals surface area contributed by atoms with Gasteiger partial charge in [0.1, 0.15) is 0 Å². The van der Waals surface area contributed by atoms with Gasteiger partial charge in [-0.2, -0.15) is 20.4 Å². The van der Waals surface area contributed by atoms with Crippen LogP contribution >= 0.6 is 0 Å². The molecule has 0 aliphatic heterocycles. The van der Waals surface area contributed by atoms with Crippen LogP contribution in [0.3, 0.4) is 0 Å². The van der Waals surface area contributed by atoms with E-state index < -0.39 is 6.03 Å². The van der Waals surface area contributed by atoms with Gasteiger partial charge in [0.15, 0.2) is 0 Å². The Balaban J connectivity index is 2.34. The molecule has 60 valence electrons. The van der Waals surface area contributed by atoms with E-state index in [0.717, 1.165) is 9.59 Å². The van der Waals surface area contributed by atoms with Crippen LogP contribution in [0.15, 0.2) is 24.8 Å². The van der Waals surface area contributed by atoms with Crippen LogP contribution in [0.5, 0.6) is 0 Å². The SMILES string of the molecule is O=C(n1nccn1)n1nccn1. The number of carbonyl (C=O) groups is 1. The summed E-state index contributed by atoms with van der Waals surface area (Å²) in [7, 11) is 0. The van der Waals surface area contributed by atoms with Crippen molar-refractivity contribution in [3.8, 4) is 0 Å². The molecular formula is C5H4N6O. The van der Waals surface area contributed by atoms with Crippen molar-refractivity contribution in [2.75, 3.05) is 0 Å². The molecular weight excluding hydrogens is 160 g/mol. The van der Waals surface area contributed by atoms with E-state index in [1.807, 2.05) is 0 Å². The Morgan fingerprint density at radius 1 is 0.833 bits per heavy atom. The van der Waals surface area contributed by atoms with Crippen LogP contribution in [0.4, 0.5) is 4.79 Å². The van der Waals surface area contributed by atoms with Crippen LogP contribution in [-0.2, 0) is 0 Å². The Bertz CT molecular complexity index is 326. The molecule has 0 atom stereocenters. The normalized spacial score (nSPS) is 10.0. The highest BCUT2D eigenvalue weighted by atomic mass is 16.2. The number of hydrogen-bond donors (Lipinski definition) is 0. The van der Waals surface area contributed by atoms with E-state index in [1.165, 1.54) is 24.8 Å². The summed E-state index contributed by atoms with van der Waals surface area (Å²) >= 11 is 0. The largest absolute Gasteiger partial charge is 0.403 e. The smallest absolute Gasteiger partial charge is 0.240 e. The second-order valence-corrected chi connectivity index (χ2v) is 1.92. The second kappa shape index (κ2) is 2.53. The summed E-state index contributed by atoms with van der Waals surface area (Å²) in [6.07, 6.45) is 5.62. The van der Waals surface area contributed by atoms with Gasteiger partial charge in [0.05, 0.1) is 24.8 Å². The molecule has 2 heterocycles. The second-order valence-electron chi connectivity index (χ2n) is 1.92. The van der Waals surface area contributed by atoms with Crippen molar-refractivity contribution in [2.24, 2.45) is 0 Å². The van der Waals surface area contributed by atoms with Crippen LogP contribution in [0.25, 0.3) is 0 Å². The minimum atomic E-state index is -0.509. The molecule has 12 heavy (non-hydrogen) atoms. The van der Waals surface area contributed by atoms with Gasteiger partial charge in [-0.15, -0.1) is 0 Å². The maximum absolute atomic E-state index is 11.2. The van der Waals surface area contributed by atoms with E-state index in [2.05, 4.69) is 20.4 Å². The lowest BCUT2D eigenvalue weighted by Gasteiger charge is -1.93. The highest BCUT2D eigenvalue weighted by molar-refractivity contribution is 5.74. The molecule has 0 saturated heterocycles. The van der Waals surface area contributed by atoms with E-state index in [4.69, 9.17) is 0 Å². The Kier molecular flexibility index (Phi) is 1.40. The quantitative estimate of drug-likeness (QED) is 0.518. The highest BCUT2D eigenvalue weighted by Crippen LogP contribution is 1.83. The summed E-state index contributed by atoms with van der Waals surface area (Å²) in [5, 5.41) is 14.5. The number of rotatable bonds is 0. The molecule has 0 unspecified atom stereocenters. The van der Waals surface area contributed by atoms with Crippen molar-refractivity contribution < 1.29 is 4.79 Å². The number of nitrogens with zero attached hydrogens (tertiary/aromatic N) is 6. The summed E-state index contributed by atoms with van der Waals surface area (Å²) < 4.78 is 0. The first-order chi connectivity index (χ1) is 5.88. The lowest BCUT2D eigenvalue weighted by molar-refractivity contribution is 0.231. The minimum Gasteiger partial charge on any atom is -0.240 e. The topological polar surface area (TPSA) is 78.5 Å². The summed E-state index contributed by atoms with van der Waals surface area (Å²) in [5.74, 6) is 0. The predicted octanol–water partition coefficient (Wildman–Crippen LogP) is -0.614. The summed E-state index contributed by atoms with van der Waals surface area (Å²) in [5.41, 5.74) is 0. The summed E-state index contributed by atoms with van der Waals surface area (Å²) in [6, 6.07) is -0.509. The van der Waals surface area contributed by atoms with Gasteiger partial charge in [-0.1, -0.05) is 9.59 Å². The maximum atomic E-state index is 11.2. The van der Waals surface area contributed by atoms with Crippen molar-refractivity contribution in [2.45, 2.75) is 0 Å². The molecule has 0 aliphatic carbocycles. The molecule has 0 saturated carbocycles. The monoisotopic (exact) mass is 164 g/mol. The molecule has 2 aromatic heterocycles. The first-order valence-corrected chi connectivity index (χ1v) is 3.15. The van der Waals surface area contributed by atoms with E-state index in [9.17, 15) is 4.79 Å². The Hall–Kier alpha value is -2.05. The van der Waals surface area contributed by atoms with Gasteiger partial charge in [-0.3, -0.25) is 0 Å². The molecule has 7 nitrogen and oxygen atoms in total. The molecule has 0 fully saturated rings. The zero-order valence-electron chi connectivity index (χ0n) is 5.90. The van der Waals surface area contributed by atoms with Crippen LogP contribution < -0.4 is 0 Å². The third-order valence-electron chi connectivity index (χ3n) is 1.18. The summed E-state index contributed by atoms with van der Waals surface area (Å²) in [6.45, 7) is 0. The number of hydrogen-bond acceptors (Lipinski definition) is 5. The number of aromatic nitrogens is 6. The average Bonchev–Trinajstić information content (AvgIpc) is 2.77. The van der Waals surface area contributed by atoms with Gasteiger partial charge in [-0.25, -0.2) is 4.79 Å². The molecule has 0 spiro atoms. The zero-order valence-corrected chi connectivity index (χ0v) is 5.90. The van der Waals surface area contributed by atoms with Crippen LogP contribution in [0.2, 0.25) is 0 Å². The van der Waals surface area contributed by atoms with Crippen molar-refractivity contribution in [1.29, 1.82) is 0 Å². The van der Waals surface area contributed by atoms with Gasteiger partial charge < -0.3 is 0 Å².